The van der Waals surface area contributed by atoms with Gasteiger partial charge in [-0.25, -0.2) is 10.2 Å². The van der Waals surface area contributed by atoms with Gasteiger partial charge in [-0.1, -0.05) is 26.7 Å². The normalized spacial score (nSPS) is 29.1. The molecule has 0 aromatic heterocycles. The third-order valence-corrected chi connectivity index (χ3v) is 4.83. The Kier molecular flexibility index (Phi) is 5.74. The van der Waals surface area contributed by atoms with Crippen LogP contribution in [0.2, 0.25) is 0 Å². The van der Waals surface area contributed by atoms with Crippen LogP contribution in [0.4, 0.5) is 0 Å². The van der Waals surface area contributed by atoms with E-state index in [9.17, 15) is 14.4 Å². The first kappa shape index (κ1) is 17.4. The zero-order valence-electron chi connectivity index (χ0n) is 13.9. The summed E-state index contributed by atoms with van der Waals surface area (Å²) in [5.41, 5.74) is 2.38. The molecule has 0 aromatic carbocycles. The number of hydrogen-bond acceptors (Lipinski definition) is 5. The molecule has 0 aromatic rings. The molecule has 7 nitrogen and oxygen atoms in total. The Bertz CT molecular complexity index is 517. The van der Waals surface area contributed by atoms with Gasteiger partial charge in [-0.15, -0.1) is 0 Å². The molecular weight excluding hydrogens is 298 g/mol. The van der Waals surface area contributed by atoms with Crippen LogP contribution in [0.5, 0.6) is 0 Å². The smallest absolute Gasteiger partial charge is 0.355 e. The second kappa shape index (κ2) is 7.57. The van der Waals surface area contributed by atoms with Crippen molar-refractivity contribution in [3.05, 3.63) is 0 Å². The van der Waals surface area contributed by atoms with Crippen LogP contribution in [-0.2, 0) is 19.1 Å². The predicted octanol–water partition coefficient (Wildman–Crippen LogP) is 1.12. The highest BCUT2D eigenvalue weighted by Crippen LogP contribution is 2.29. The highest BCUT2D eigenvalue weighted by atomic mass is 16.5. The van der Waals surface area contributed by atoms with E-state index < -0.39 is 12.1 Å². The molecule has 2 amide bonds. The second-order valence-corrected chi connectivity index (χ2v) is 6.52. The van der Waals surface area contributed by atoms with E-state index in [2.05, 4.69) is 29.7 Å². The van der Waals surface area contributed by atoms with Crippen LogP contribution in [0, 0.1) is 11.8 Å². The minimum absolute atomic E-state index is 0.124. The number of hydrogen-bond donors (Lipinski definition) is 2. The maximum atomic E-state index is 12.2. The van der Waals surface area contributed by atoms with Crippen LogP contribution in [-0.4, -0.2) is 35.6 Å². The lowest BCUT2D eigenvalue weighted by atomic mass is 9.78. The standard InChI is InChI=1S/C16H25N3O4/c1-9-5-4-6-12(10(9)2)17-15(21)11(3)23-16(22)13-7-8-14(20)19-18-13/h9-12H,4-8H2,1-3H3,(H,17,21)(H,19,20)/t9-,10+,11+,12+/m0/s1. The van der Waals surface area contributed by atoms with E-state index >= 15 is 0 Å². The van der Waals surface area contributed by atoms with Crippen LogP contribution < -0.4 is 10.7 Å². The summed E-state index contributed by atoms with van der Waals surface area (Å²) in [6, 6.07) is 0.124. The van der Waals surface area contributed by atoms with Crippen LogP contribution in [0.3, 0.4) is 0 Å². The van der Waals surface area contributed by atoms with E-state index in [4.69, 9.17) is 4.74 Å². The minimum Gasteiger partial charge on any atom is -0.448 e. The molecule has 0 spiro atoms. The molecule has 1 fully saturated rings. The molecule has 2 rings (SSSR count). The number of carbonyl (C=O) groups is 3. The lowest BCUT2D eigenvalue weighted by Crippen LogP contribution is -2.48. The van der Waals surface area contributed by atoms with E-state index in [1.807, 2.05) is 0 Å². The molecule has 1 saturated carbocycles. The first-order chi connectivity index (χ1) is 10.9. The number of amides is 2. The Hall–Kier alpha value is -1.92. The fourth-order valence-corrected chi connectivity index (χ4v) is 2.99. The van der Waals surface area contributed by atoms with Gasteiger partial charge in [0.15, 0.2) is 6.10 Å². The molecule has 23 heavy (non-hydrogen) atoms. The van der Waals surface area contributed by atoms with Crippen LogP contribution >= 0.6 is 0 Å². The predicted molar refractivity (Wildman–Crippen MR) is 84.5 cm³/mol. The van der Waals surface area contributed by atoms with Crippen LogP contribution in [0.25, 0.3) is 0 Å². The van der Waals surface area contributed by atoms with Crippen molar-refractivity contribution < 1.29 is 19.1 Å². The van der Waals surface area contributed by atoms with Crippen molar-refractivity contribution in [3.8, 4) is 0 Å². The van der Waals surface area contributed by atoms with E-state index in [1.54, 1.807) is 6.92 Å². The maximum absolute atomic E-state index is 12.2. The van der Waals surface area contributed by atoms with Crippen molar-refractivity contribution in [2.24, 2.45) is 16.9 Å². The molecule has 2 aliphatic rings. The van der Waals surface area contributed by atoms with Gasteiger partial charge in [0.05, 0.1) is 0 Å². The topological polar surface area (TPSA) is 96.9 Å². The summed E-state index contributed by atoms with van der Waals surface area (Å²) in [4.78, 5) is 35.2. The van der Waals surface area contributed by atoms with Gasteiger partial charge in [0.25, 0.3) is 5.91 Å². The third-order valence-electron chi connectivity index (χ3n) is 4.83. The van der Waals surface area contributed by atoms with Crippen molar-refractivity contribution in [2.45, 2.75) is 65.0 Å². The Morgan fingerprint density at radius 2 is 2.04 bits per heavy atom. The lowest BCUT2D eigenvalue weighted by Gasteiger charge is -2.35. The zero-order chi connectivity index (χ0) is 17.0. The third kappa shape index (κ3) is 4.53. The molecule has 0 saturated heterocycles. The Labute approximate surface area is 136 Å². The minimum atomic E-state index is -0.882. The molecule has 128 valence electrons. The number of nitrogens with one attached hydrogen (secondary N) is 2. The second-order valence-electron chi connectivity index (χ2n) is 6.52. The Morgan fingerprint density at radius 1 is 1.30 bits per heavy atom. The van der Waals surface area contributed by atoms with E-state index in [1.165, 1.54) is 6.42 Å². The molecular formula is C16H25N3O4. The van der Waals surface area contributed by atoms with Crippen LogP contribution in [0.1, 0.15) is 52.9 Å². The van der Waals surface area contributed by atoms with E-state index in [0.29, 0.717) is 11.8 Å². The Balaban J connectivity index is 1.85. The molecule has 0 bridgehead atoms. The summed E-state index contributed by atoms with van der Waals surface area (Å²) in [7, 11) is 0. The molecule has 4 atom stereocenters. The van der Waals surface area contributed by atoms with E-state index in [-0.39, 0.29) is 36.4 Å². The summed E-state index contributed by atoms with van der Waals surface area (Å²) < 4.78 is 5.16. The number of nitrogens with zero attached hydrogens (tertiary/aromatic N) is 1. The highest BCUT2D eigenvalue weighted by Gasteiger charge is 2.30. The molecule has 1 aliphatic heterocycles. The summed E-state index contributed by atoms with van der Waals surface area (Å²) >= 11 is 0. The molecule has 7 heteroatoms. The van der Waals surface area contributed by atoms with Gasteiger partial charge in [-0.05, 0) is 25.2 Å². The fourth-order valence-electron chi connectivity index (χ4n) is 2.99. The van der Waals surface area contributed by atoms with Gasteiger partial charge >= 0.3 is 5.97 Å². The largest absolute Gasteiger partial charge is 0.448 e. The number of rotatable bonds is 4. The molecule has 2 N–H and O–H groups in total. The van der Waals surface area contributed by atoms with Crippen molar-refractivity contribution in [3.63, 3.8) is 0 Å². The Morgan fingerprint density at radius 3 is 2.70 bits per heavy atom. The molecule has 1 heterocycles. The first-order valence-corrected chi connectivity index (χ1v) is 8.25. The molecule has 0 radical (unpaired) electrons. The number of ether oxygens (including phenoxy) is 1. The quantitative estimate of drug-likeness (QED) is 0.758. The molecule has 1 aliphatic carbocycles. The first-order valence-electron chi connectivity index (χ1n) is 8.25. The van der Waals surface area contributed by atoms with Crippen molar-refractivity contribution in [1.29, 1.82) is 0 Å². The fraction of sp³-hybridized carbons (Fsp3) is 0.750. The molecule has 0 unspecified atom stereocenters. The van der Waals surface area contributed by atoms with Gasteiger partial charge in [0.2, 0.25) is 5.91 Å². The average Bonchev–Trinajstić information content (AvgIpc) is 2.52. The van der Waals surface area contributed by atoms with Crippen LogP contribution in [0.15, 0.2) is 5.10 Å². The summed E-state index contributed by atoms with van der Waals surface area (Å²) in [5, 5.41) is 6.66. The van der Waals surface area contributed by atoms with Gasteiger partial charge < -0.3 is 10.1 Å². The van der Waals surface area contributed by atoms with Crippen molar-refractivity contribution in [2.75, 3.05) is 0 Å². The number of carbonyl (C=O) groups excluding carboxylic acids is 3. The maximum Gasteiger partial charge on any atom is 0.355 e. The monoisotopic (exact) mass is 323 g/mol. The highest BCUT2D eigenvalue weighted by molar-refractivity contribution is 6.37. The zero-order valence-corrected chi connectivity index (χ0v) is 13.9. The van der Waals surface area contributed by atoms with Gasteiger partial charge in [0, 0.05) is 18.9 Å². The summed E-state index contributed by atoms with van der Waals surface area (Å²) in [5.74, 6) is -0.184. The SMILES string of the molecule is C[C@@H]1[C@@H](C)CCC[C@H]1NC(=O)[C@@H](C)OC(=O)C1=NNC(=O)CC1. The average molecular weight is 323 g/mol. The lowest BCUT2D eigenvalue weighted by molar-refractivity contribution is -0.149. The van der Waals surface area contributed by atoms with Gasteiger partial charge in [-0.2, -0.15) is 5.10 Å². The van der Waals surface area contributed by atoms with E-state index in [0.717, 1.165) is 12.8 Å². The number of hydrazone groups is 1. The summed E-state index contributed by atoms with van der Waals surface area (Å²) in [6.45, 7) is 5.89. The van der Waals surface area contributed by atoms with Gasteiger partial charge in [-0.3, -0.25) is 9.59 Å². The van der Waals surface area contributed by atoms with Gasteiger partial charge in [0.1, 0.15) is 5.71 Å². The summed E-state index contributed by atoms with van der Waals surface area (Å²) in [6.07, 6.45) is 2.79. The van der Waals surface area contributed by atoms with Crippen molar-refractivity contribution >= 4 is 23.5 Å². The number of esters is 1. The van der Waals surface area contributed by atoms with Crippen molar-refractivity contribution in [1.82, 2.24) is 10.7 Å².